The first kappa shape index (κ1) is 17.2. The highest BCUT2D eigenvalue weighted by Crippen LogP contribution is 2.23. The molecule has 1 aromatic carbocycles. The molecule has 1 atom stereocenters. The van der Waals surface area contributed by atoms with E-state index in [4.69, 9.17) is 0 Å². The summed E-state index contributed by atoms with van der Waals surface area (Å²) in [6.45, 7) is 11.4. The lowest BCUT2D eigenvalue weighted by molar-refractivity contribution is -0.130. The summed E-state index contributed by atoms with van der Waals surface area (Å²) in [6, 6.07) is 8.54. The molecule has 2 nitrogen and oxygen atoms in total. The van der Waals surface area contributed by atoms with Crippen molar-refractivity contribution in [3.63, 3.8) is 0 Å². The van der Waals surface area contributed by atoms with E-state index < -0.39 is 0 Å². The van der Waals surface area contributed by atoms with Crippen molar-refractivity contribution >= 4 is 21.8 Å². The van der Waals surface area contributed by atoms with Crippen molar-refractivity contribution in [2.24, 2.45) is 5.92 Å². The van der Waals surface area contributed by atoms with Crippen LogP contribution in [-0.2, 0) is 16.8 Å². The van der Waals surface area contributed by atoms with E-state index >= 15 is 0 Å². The zero-order valence-electron chi connectivity index (χ0n) is 13.4. The van der Waals surface area contributed by atoms with Gasteiger partial charge in [0.2, 0.25) is 5.91 Å². The van der Waals surface area contributed by atoms with Crippen molar-refractivity contribution in [2.45, 2.75) is 51.4 Å². The topological polar surface area (TPSA) is 20.3 Å². The zero-order valence-corrected chi connectivity index (χ0v) is 15.0. The summed E-state index contributed by atoms with van der Waals surface area (Å²) in [5, 5.41) is 0. The predicted molar refractivity (Wildman–Crippen MR) is 89.2 cm³/mol. The van der Waals surface area contributed by atoms with Gasteiger partial charge in [-0.3, -0.25) is 4.79 Å². The maximum atomic E-state index is 12.2. The van der Waals surface area contributed by atoms with E-state index in [-0.39, 0.29) is 16.1 Å². The van der Waals surface area contributed by atoms with E-state index in [0.29, 0.717) is 12.5 Å². The minimum absolute atomic E-state index is 0.110. The molecular formula is C17H26BrNO. The molecule has 0 N–H and O–H groups in total. The molecule has 0 radical (unpaired) electrons. The van der Waals surface area contributed by atoms with E-state index in [2.05, 4.69) is 61.0 Å². The van der Waals surface area contributed by atoms with Crippen LogP contribution < -0.4 is 0 Å². The largest absolute Gasteiger partial charge is 0.340 e. The minimum Gasteiger partial charge on any atom is -0.340 e. The molecule has 0 heterocycles. The monoisotopic (exact) mass is 339 g/mol. The molecule has 0 spiro atoms. The van der Waals surface area contributed by atoms with Gasteiger partial charge in [0.1, 0.15) is 0 Å². The number of nitrogens with zero attached hydrogens (tertiary/aromatic N) is 1. The molecule has 20 heavy (non-hydrogen) atoms. The number of alkyl halides is 1. The average molecular weight is 340 g/mol. The summed E-state index contributed by atoms with van der Waals surface area (Å²) in [6.07, 6.45) is 0. The Morgan fingerprint density at radius 2 is 1.70 bits per heavy atom. The van der Waals surface area contributed by atoms with Crippen LogP contribution in [0, 0.1) is 5.92 Å². The van der Waals surface area contributed by atoms with Crippen LogP contribution in [0.5, 0.6) is 0 Å². The molecule has 0 aliphatic carbocycles. The number of amides is 1. The maximum absolute atomic E-state index is 12.2. The van der Waals surface area contributed by atoms with Crippen LogP contribution in [0.25, 0.3) is 0 Å². The molecule has 1 rings (SSSR count). The number of hydrogen-bond acceptors (Lipinski definition) is 1. The fraction of sp³-hybridized carbons (Fsp3) is 0.588. The van der Waals surface area contributed by atoms with Gasteiger partial charge in [0.15, 0.2) is 0 Å². The van der Waals surface area contributed by atoms with Crippen molar-refractivity contribution in [3.8, 4) is 0 Å². The van der Waals surface area contributed by atoms with E-state index in [1.165, 1.54) is 5.56 Å². The third kappa shape index (κ3) is 4.62. The second kappa shape index (κ2) is 6.75. The number of hydrogen-bond donors (Lipinski definition) is 0. The summed E-state index contributed by atoms with van der Waals surface area (Å²) < 4.78 is 0. The van der Waals surface area contributed by atoms with Gasteiger partial charge in [-0.1, -0.05) is 74.8 Å². The minimum atomic E-state index is -0.110. The number of carbonyl (C=O) groups excluding carboxylic acids is 1. The highest BCUT2D eigenvalue weighted by atomic mass is 79.9. The Kier molecular flexibility index (Phi) is 5.81. The van der Waals surface area contributed by atoms with Crippen LogP contribution in [0.1, 0.15) is 45.7 Å². The van der Waals surface area contributed by atoms with E-state index in [9.17, 15) is 4.79 Å². The van der Waals surface area contributed by atoms with Gasteiger partial charge in [-0.15, -0.1) is 0 Å². The first-order valence-corrected chi connectivity index (χ1v) is 8.03. The molecule has 0 aliphatic heterocycles. The molecule has 1 aromatic rings. The second-order valence-corrected chi connectivity index (χ2v) is 7.77. The first-order chi connectivity index (χ1) is 9.12. The quantitative estimate of drug-likeness (QED) is 0.746. The zero-order chi connectivity index (χ0) is 15.5. The maximum Gasteiger partial charge on any atom is 0.236 e. The first-order valence-electron chi connectivity index (χ1n) is 7.11. The van der Waals surface area contributed by atoms with Crippen molar-refractivity contribution in [3.05, 3.63) is 35.4 Å². The second-order valence-electron chi connectivity index (χ2n) is 6.79. The summed E-state index contributed by atoms with van der Waals surface area (Å²) in [4.78, 5) is 13.9. The number of rotatable bonds is 4. The van der Waals surface area contributed by atoms with E-state index in [1.54, 1.807) is 4.90 Å². The Bertz CT molecular complexity index is 445. The Hall–Kier alpha value is -0.830. The SMILES string of the molecule is CC(C)C(Br)C(=O)N(C)Cc1ccc(C(C)(C)C)cc1. The molecule has 0 saturated carbocycles. The van der Waals surface area contributed by atoms with Crippen molar-refractivity contribution < 1.29 is 4.79 Å². The molecule has 112 valence electrons. The molecule has 0 fully saturated rings. The predicted octanol–water partition coefficient (Wildman–Crippen LogP) is 4.36. The van der Waals surface area contributed by atoms with Crippen LogP contribution in [0.3, 0.4) is 0 Å². The molecule has 0 bridgehead atoms. The highest BCUT2D eigenvalue weighted by Gasteiger charge is 2.22. The molecule has 1 unspecified atom stereocenters. The fourth-order valence-electron chi connectivity index (χ4n) is 1.96. The third-order valence-electron chi connectivity index (χ3n) is 3.44. The van der Waals surface area contributed by atoms with E-state index in [1.807, 2.05) is 20.9 Å². The van der Waals surface area contributed by atoms with Gasteiger partial charge in [-0.2, -0.15) is 0 Å². The van der Waals surface area contributed by atoms with Crippen LogP contribution >= 0.6 is 15.9 Å². The molecule has 1 amide bonds. The molecule has 0 aliphatic rings. The van der Waals surface area contributed by atoms with Crippen LogP contribution in [0.2, 0.25) is 0 Å². The summed E-state index contributed by atoms with van der Waals surface area (Å²) in [7, 11) is 1.86. The molecule has 0 aromatic heterocycles. The Labute approximate surface area is 131 Å². The normalized spacial score (nSPS) is 13.4. The lowest BCUT2D eigenvalue weighted by Crippen LogP contribution is -2.35. The van der Waals surface area contributed by atoms with Crippen molar-refractivity contribution in [2.75, 3.05) is 7.05 Å². The molecule has 3 heteroatoms. The van der Waals surface area contributed by atoms with Gasteiger partial charge in [0.25, 0.3) is 0 Å². The van der Waals surface area contributed by atoms with Crippen molar-refractivity contribution in [1.82, 2.24) is 4.90 Å². The Morgan fingerprint density at radius 3 is 2.10 bits per heavy atom. The van der Waals surface area contributed by atoms with Gasteiger partial charge in [0.05, 0.1) is 4.83 Å². The van der Waals surface area contributed by atoms with Crippen LogP contribution in [0.4, 0.5) is 0 Å². The van der Waals surface area contributed by atoms with E-state index in [0.717, 1.165) is 5.56 Å². The van der Waals surface area contributed by atoms with Gasteiger partial charge in [0, 0.05) is 13.6 Å². The summed E-state index contributed by atoms with van der Waals surface area (Å²) >= 11 is 3.47. The van der Waals surface area contributed by atoms with Gasteiger partial charge >= 0.3 is 0 Å². The van der Waals surface area contributed by atoms with Crippen LogP contribution in [0.15, 0.2) is 24.3 Å². The Balaban J connectivity index is 2.72. The lowest BCUT2D eigenvalue weighted by atomic mass is 9.87. The fourth-order valence-corrected chi connectivity index (χ4v) is 2.31. The highest BCUT2D eigenvalue weighted by molar-refractivity contribution is 9.10. The van der Waals surface area contributed by atoms with Crippen molar-refractivity contribution in [1.29, 1.82) is 0 Å². The Morgan fingerprint density at radius 1 is 1.20 bits per heavy atom. The summed E-state index contributed by atoms with van der Waals surface area (Å²) in [5.74, 6) is 0.438. The molecule has 0 saturated heterocycles. The van der Waals surface area contributed by atoms with Gasteiger partial charge < -0.3 is 4.90 Å². The number of carbonyl (C=O) groups is 1. The third-order valence-corrected chi connectivity index (χ3v) is 4.89. The standard InChI is InChI=1S/C17H26BrNO/c1-12(2)15(18)16(20)19(6)11-13-7-9-14(10-8-13)17(3,4)5/h7-10,12,15H,11H2,1-6H3. The van der Waals surface area contributed by atoms with Crippen LogP contribution in [-0.4, -0.2) is 22.7 Å². The number of benzene rings is 1. The average Bonchev–Trinajstić information content (AvgIpc) is 2.36. The molecular weight excluding hydrogens is 314 g/mol. The summed E-state index contributed by atoms with van der Waals surface area (Å²) in [5.41, 5.74) is 2.65. The number of halogens is 1. The van der Waals surface area contributed by atoms with Gasteiger partial charge in [-0.05, 0) is 22.5 Å². The van der Waals surface area contributed by atoms with Gasteiger partial charge in [-0.25, -0.2) is 0 Å². The lowest BCUT2D eigenvalue weighted by Gasteiger charge is -2.23. The smallest absolute Gasteiger partial charge is 0.236 e.